The third-order valence-electron chi connectivity index (χ3n) is 3.74. The van der Waals surface area contributed by atoms with E-state index in [1.54, 1.807) is 0 Å². The van der Waals surface area contributed by atoms with E-state index in [0.717, 1.165) is 37.9 Å². The molecule has 0 aromatic heterocycles. The summed E-state index contributed by atoms with van der Waals surface area (Å²) in [4.78, 5) is 23.2. The zero-order valence-electron chi connectivity index (χ0n) is 11.7. The van der Waals surface area contributed by atoms with E-state index < -0.39 is 11.9 Å². The Labute approximate surface area is 119 Å². The summed E-state index contributed by atoms with van der Waals surface area (Å²) < 4.78 is 0. The van der Waals surface area contributed by atoms with Crippen molar-refractivity contribution in [1.29, 1.82) is 0 Å². The average Bonchev–Trinajstić information content (AvgIpc) is 2.42. The number of carbonyl (C=O) groups is 2. The molecule has 0 bridgehead atoms. The fourth-order valence-electron chi connectivity index (χ4n) is 2.63. The van der Waals surface area contributed by atoms with Crippen LogP contribution in [0.2, 0.25) is 0 Å². The quantitative estimate of drug-likeness (QED) is 0.673. The maximum atomic E-state index is 12.0. The van der Waals surface area contributed by atoms with Crippen molar-refractivity contribution in [3.63, 3.8) is 0 Å². The maximum absolute atomic E-state index is 12.0. The van der Waals surface area contributed by atoms with Gasteiger partial charge in [-0.15, -0.1) is 0 Å². The van der Waals surface area contributed by atoms with Crippen LogP contribution in [-0.2, 0) is 9.59 Å². The second-order valence-electron chi connectivity index (χ2n) is 5.18. The Balaban J connectivity index is 2.25. The van der Waals surface area contributed by atoms with Crippen LogP contribution in [0.25, 0.3) is 0 Å². The van der Waals surface area contributed by atoms with Crippen molar-refractivity contribution in [2.24, 2.45) is 11.8 Å². The fourth-order valence-corrected chi connectivity index (χ4v) is 3.12. The van der Waals surface area contributed by atoms with Crippen LogP contribution in [0.15, 0.2) is 0 Å². The fraction of sp³-hybridized carbons (Fsp3) is 0.857. The first-order valence-corrected chi connectivity index (χ1v) is 8.55. The smallest absolute Gasteiger partial charge is 0.307 e. The molecule has 110 valence electrons. The number of thioether (sulfide) groups is 1. The monoisotopic (exact) mass is 287 g/mol. The molecule has 0 aliphatic heterocycles. The van der Waals surface area contributed by atoms with Gasteiger partial charge in [-0.05, 0) is 37.7 Å². The van der Waals surface area contributed by atoms with Crippen molar-refractivity contribution in [3.05, 3.63) is 0 Å². The largest absolute Gasteiger partial charge is 0.481 e. The van der Waals surface area contributed by atoms with Crippen LogP contribution in [0.4, 0.5) is 0 Å². The van der Waals surface area contributed by atoms with Gasteiger partial charge in [0, 0.05) is 6.54 Å². The summed E-state index contributed by atoms with van der Waals surface area (Å²) in [5.74, 6) is -0.517. The summed E-state index contributed by atoms with van der Waals surface area (Å²) in [5, 5.41) is 12.0. The minimum Gasteiger partial charge on any atom is -0.481 e. The molecule has 0 aromatic carbocycles. The van der Waals surface area contributed by atoms with Crippen LogP contribution in [0.5, 0.6) is 0 Å². The highest BCUT2D eigenvalue weighted by Gasteiger charge is 2.35. The Bertz CT molecular complexity index is 296. The maximum Gasteiger partial charge on any atom is 0.307 e. The van der Waals surface area contributed by atoms with Crippen molar-refractivity contribution in [3.8, 4) is 0 Å². The molecule has 0 saturated heterocycles. The number of nitrogens with one attached hydrogen (secondary N) is 1. The van der Waals surface area contributed by atoms with Gasteiger partial charge in [0.1, 0.15) is 0 Å². The Kier molecular flexibility index (Phi) is 7.94. The van der Waals surface area contributed by atoms with Gasteiger partial charge in [0.2, 0.25) is 5.91 Å². The molecule has 0 spiro atoms. The lowest BCUT2D eigenvalue weighted by atomic mass is 9.78. The average molecular weight is 287 g/mol. The van der Waals surface area contributed by atoms with Gasteiger partial charge in [0.25, 0.3) is 0 Å². The summed E-state index contributed by atoms with van der Waals surface area (Å²) in [7, 11) is 0. The van der Waals surface area contributed by atoms with E-state index in [-0.39, 0.29) is 11.8 Å². The standard InChI is InChI=1S/C14H25NO3S/c1-19-10-6-2-5-9-15-13(16)11-7-3-4-8-12(11)14(17)18/h11-12H,2-10H2,1H3,(H,15,16)(H,17,18)/t11-,12+/m1/s1. The lowest BCUT2D eigenvalue weighted by Crippen LogP contribution is -2.40. The molecule has 1 amide bonds. The number of carboxylic acids is 1. The van der Waals surface area contributed by atoms with E-state index >= 15 is 0 Å². The number of unbranched alkanes of at least 4 members (excludes halogenated alkanes) is 2. The zero-order valence-corrected chi connectivity index (χ0v) is 12.5. The van der Waals surface area contributed by atoms with E-state index in [4.69, 9.17) is 5.11 Å². The molecule has 2 atom stereocenters. The second-order valence-corrected chi connectivity index (χ2v) is 6.17. The third-order valence-corrected chi connectivity index (χ3v) is 4.44. The van der Waals surface area contributed by atoms with Crippen molar-refractivity contribution < 1.29 is 14.7 Å². The number of amides is 1. The first-order valence-electron chi connectivity index (χ1n) is 7.16. The lowest BCUT2D eigenvalue weighted by molar-refractivity contribution is -0.148. The Hall–Kier alpha value is -0.710. The summed E-state index contributed by atoms with van der Waals surface area (Å²) in [6.07, 6.45) is 8.63. The molecule has 0 unspecified atom stereocenters. The molecule has 2 N–H and O–H groups in total. The number of rotatable bonds is 8. The van der Waals surface area contributed by atoms with Gasteiger partial charge in [-0.1, -0.05) is 19.3 Å². The number of aliphatic carboxylic acids is 1. The summed E-state index contributed by atoms with van der Waals surface area (Å²) in [6, 6.07) is 0. The molecule has 1 aliphatic rings. The first-order chi connectivity index (χ1) is 9.16. The van der Waals surface area contributed by atoms with Crippen LogP contribution in [0.1, 0.15) is 44.9 Å². The van der Waals surface area contributed by atoms with Gasteiger partial charge in [-0.2, -0.15) is 11.8 Å². The van der Waals surface area contributed by atoms with E-state index in [1.807, 2.05) is 11.8 Å². The molecule has 1 fully saturated rings. The number of carboxylic acid groups (broad SMARTS) is 1. The van der Waals surface area contributed by atoms with Gasteiger partial charge in [-0.3, -0.25) is 9.59 Å². The SMILES string of the molecule is CSCCCCCNC(=O)[C@@H]1CCCC[C@@H]1C(=O)O. The molecular formula is C14H25NO3S. The van der Waals surface area contributed by atoms with E-state index in [0.29, 0.717) is 13.0 Å². The Morgan fingerprint density at radius 2 is 1.84 bits per heavy atom. The van der Waals surface area contributed by atoms with E-state index in [9.17, 15) is 9.59 Å². The van der Waals surface area contributed by atoms with Crippen molar-refractivity contribution in [2.45, 2.75) is 44.9 Å². The van der Waals surface area contributed by atoms with Crippen molar-refractivity contribution in [2.75, 3.05) is 18.6 Å². The summed E-state index contributed by atoms with van der Waals surface area (Å²) in [5.41, 5.74) is 0. The van der Waals surface area contributed by atoms with Crippen LogP contribution in [0, 0.1) is 11.8 Å². The third kappa shape index (κ3) is 5.85. The second kappa shape index (κ2) is 9.23. The van der Waals surface area contributed by atoms with Crippen LogP contribution < -0.4 is 5.32 Å². The molecule has 19 heavy (non-hydrogen) atoms. The molecule has 0 heterocycles. The highest BCUT2D eigenvalue weighted by Crippen LogP contribution is 2.30. The highest BCUT2D eigenvalue weighted by atomic mass is 32.2. The molecular weight excluding hydrogens is 262 g/mol. The normalized spacial score (nSPS) is 23.0. The number of hydrogen-bond donors (Lipinski definition) is 2. The molecule has 1 rings (SSSR count). The van der Waals surface area contributed by atoms with E-state index in [1.165, 1.54) is 6.42 Å². The van der Waals surface area contributed by atoms with Gasteiger partial charge >= 0.3 is 5.97 Å². The molecule has 1 aliphatic carbocycles. The lowest BCUT2D eigenvalue weighted by Gasteiger charge is -2.27. The van der Waals surface area contributed by atoms with Gasteiger partial charge in [0.05, 0.1) is 11.8 Å². The topological polar surface area (TPSA) is 66.4 Å². The predicted octanol–water partition coefficient (Wildman–Crippen LogP) is 2.53. The first kappa shape index (κ1) is 16.3. The number of hydrogen-bond acceptors (Lipinski definition) is 3. The van der Waals surface area contributed by atoms with E-state index in [2.05, 4.69) is 11.6 Å². The van der Waals surface area contributed by atoms with Crippen molar-refractivity contribution >= 4 is 23.6 Å². The van der Waals surface area contributed by atoms with Gasteiger partial charge < -0.3 is 10.4 Å². The Morgan fingerprint density at radius 1 is 1.16 bits per heavy atom. The van der Waals surface area contributed by atoms with Gasteiger partial charge in [-0.25, -0.2) is 0 Å². The van der Waals surface area contributed by atoms with Crippen LogP contribution in [0.3, 0.4) is 0 Å². The Morgan fingerprint density at radius 3 is 2.47 bits per heavy atom. The van der Waals surface area contributed by atoms with Crippen molar-refractivity contribution in [1.82, 2.24) is 5.32 Å². The summed E-state index contributed by atoms with van der Waals surface area (Å²) >= 11 is 1.84. The minimum atomic E-state index is -0.820. The molecule has 4 nitrogen and oxygen atoms in total. The molecule has 0 radical (unpaired) electrons. The highest BCUT2D eigenvalue weighted by molar-refractivity contribution is 7.98. The molecule has 5 heteroatoms. The minimum absolute atomic E-state index is 0.0584. The number of carbonyl (C=O) groups excluding carboxylic acids is 1. The summed E-state index contributed by atoms with van der Waals surface area (Å²) in [6.45, 7) is 0.677. The van der Waals surface area contributed by atoms with Crippen LogP contribution >= 0.6 is 11.8 Å². The van der Waals surface area contributed by atoms with Crippen LogP contribution in [-0.4, -0.2) is 35.5 Å². The molecule has 0 aromatic rings. The zero-order chi connectivity index (χ0) is 14.1. The van der Waals surface area contributed by atoms with Gasteiger partial charge in [0.15, 0.2) is 0 Å². The molecule has 1 saturated carbocycles. The predicted molar refractivity (Wildman–Crippen MR) is 78.3 cm³/mol.